The lowest BCUT2D eigenvalue weighted by Crippen LogP contribution is -2.55. The molecule has 1 fully saturated rings. The lowest BCUT2D eigenvalue weighted by atomic mass is 10.2. The van der Waals surface area contributed by atoms with Crippen LogP contribution in [0.1, 0.15) is 20.8 Å². The van der Waals surface area contributed by atoms with Gasteiger partial charge in [-0.15, -0.1) is 0 Å². The van der Waals surface area contributed by atoms with Crippen LogP contribution in [0.5, 0.6) is 0 Å². The molecule has 0 saturated carbocycles. The van der Waals surface area contributed by atoms with Crippen molar-refractivity contribution in [1.29, 1.82) is 0 Å². The molecule has 0 radical (unpaired) electrons. The highest BCUT2D eigenvalue weighted by atomic mass is 28.4. The van der Waals surface area contributed by atoms with Gasteiger partial charge in [0.1, 0.15) is 6.10 Å². The first-order chi connectivity index (χ1) is 9.08. The van der Waals surface area contributed by atoms with Crippen molar-refractivity contribution in [2.45, 2.75) is 51.0 Å². The van der Waals surface area contributed by atoms with E-state index in [4.69, 9.17) is 9.16 Å². The Morgan fingerprint density at radius 3 is 2.55 bits per heavy atom. The number of amides is 1. The molecule has 0 aliphatic carbocycles. The van der Waals surface area contributed by atoms with Crippen LogP contribution >= 0.6 is 0 Å². The largest absolute Gasteiger partial charge is 0.465 e. The fourth-order valence-electron chi connectivity index (χ4n) is 1.70. The van der Waals surface area contributed by atoms with Gasteiger partial charge in [-0.2, -0.15) is 0 Å². The third-order valence-electron chi connectivity index (χ3n) is 4.16. The van der Waals surface area contributed by atoms with Gasteiger partial charge in [-0.1, -0.05) is 20.8 Å². The Morgan fingerprint density at radius 1 is 1.50 bits per heavy atom. The van der Waals surface area contributed by atoms with Gasteiger partial charge in [0.05, 0.1) is 25.8 Å². The summed E-state index contributed by atoms with van der Waals surface area (Å²) in [6.07, 6.45) is -1.07. The Balaban J connectivity index is 2.66. The van der Waals surface area contributed by atoms with E-state index in [1.165, 1.54) is 4.90 Å². The summed E-state index contributed by atoms with van der Waals surface area (Å²) in [4.78, 5) is 23.2. The van der Waals surface area contributed by atoms with Gasteiger partial charge in [-0.05, 0) is 18.1 Å². The minimum absolute atomic E-state index is 0.0713. The highest BCUT2D eigenvalue weighted by Crippen LogP contribution is 2.36. The lowest BCUT2D eigenvalue weighted by molar-refractivity contribution is -0.126. The maximum Gasteiger partial charge on any atom is 0.407 e. The van der Waals surface area contributed by atoms with Gasteiger partial charge in [0.2, 0.25) is 0 Å². The van der Waals surface area contributed by atoms with Crippen LogP contribution in [0.3, 0.4) is 0 Å². The highest BCUT2D eigenvalue weighted by molar-refractivity contribution is 6.74. The van der Waals surface area contributed by atoms with Gasteiger partial charge in [-0.25, -0.2) is 4.79 Å². The van der Waals surface area contributed by atoms with E-state index < -0.39 is 20.5 Å². The number of nitrogens with zero attached hydrogens (tertiary/aromatic N) is 1. The molecular weight excluding hydrogens is 278 g/mol. The first-order valence-electron chi connectivity index (χ1n) is 6.79. The second-order valence-electron chi connectivity index (χ2n) is 6.67. The number of carboxylic acid groups (broad SMARTS) is 1. The summed E-state index contributed by atoms with van der Waals surface area (Å²) in [5.74, 6) is 0. The summed E-state index contributed by atoms with van der Waals surface area (Å²) < 4.78 is 11.4. The number of morpholine rings is 1. The SMILES string of the molecule is CC(C)(C)[Si](C)(C)OC[C@@H]1CO[C@H](C=O)CN1C(=O)O. The molecule has 20 heavy (non-hydrogen) atoms. The molecule has 1 amide bonds. The van der Waals surface area contributed by atoms with E-state index in [-0.39, 0.29) is 24.2 Å². The average molecular weight is 303 g/mol. The molecule has 1 aliphatic heterocycles. The average Bonchev–Trinajstić information content (AvgIpc) is 2.34. The molecule has 0 aromatic carbocycles. The minimum atomic E-state index is -1.92. The molecule has 1 rings (SSSR count). The fourth-order valence-corrected chi connectivity index (χ4v) is 2.74. The first-order valence-corrected chi connectivity index (χ1v) is 9.69. The van der Waals surface area contributed by atoms with E-state index in [1.54, 1.807) is 0 Å². The molecule has 0 unspecified atom stereocenters. The molecule has 0 spiro atoms. The van der Waals surface area contributed by atoms with Crippen molar-refractivity contribution in [3.05, 3.63) is 0 Å². The second kappa shape index (κ2) is 6.24. The Hall–Kier alpha value is -0.923. The molecule has 7 heteroatoms. The van der Waals surface area contributed by atoms with Crippen LogP contribution in [0.2, 0.25) is 18.1 Å². The molecule has 1 heterocycles. The Bertz CT molecular complexity index is 366. The molecule has 2 atom stereocenters. The highest BCUT2D eigenvalue weighted by Gasteiger charge is 2.39. The summed E-state index contributed by atoms with van der Waals surface area (Å²) in [5.41, 5.74) is 0. The van der Waals surface area contributed by atoms with Crippen molar-refractivity contribution in [1.82, 2.24) is 4.90 Å². The summed E-state index contributed by atoms with van der Waals surface area (Å²) in [6.45, 7) is 11.2. The Kier molecular flexibility index (Phi) is 5.34. The van der Waals surface area contributed by atoms with Crippen LogP contribution < -0.4 is 0 Å². The number of carbonyl (C=O) groups excluding carboxylic acids is 1. The quantitative estimate of drug-likeness (QED) is 0.634. The molecule has 1 N–H and O–H groups in total. The fraction of sp³-hybridized carbons (Fsp3) is 0.846. The number of hydrogen-bond donors (Lipinski definition) is 1. The maximum absolute atomic E-state index is 11.3. The van der Waals surface area contributed by atoms with E-state index in [9.17, 15) is 14.7 Å². The van der Waals surface area contributed by atoms with Gasteiger partial charge in [0.25, 0.3) is 0 Å². The normalized spacial score (nSPS) is 24.6. The monoisotopic (exact) mass is 303 g/mol. The van der Waals surface area contributed by atoms with Crippen molar-refractivity contribution in [2.75, 3.05) is 19.8 Å². The Labute approximate surface area is 121 Å². The van der Waals surface area contributed by atoms with Crippen LogP contribution in [0.4, 0.5) is 4.79 Å². The van der Waals surface area contributed by atoms with Gasteiger partial charge in [0, 0.05) is 0 Å². The molecule has 116 valence electrons. The van der Waals surface area contributed by atoms with Crippen LogP contribution in [0.25, 0.3) is 0 Å². The molecule has 1 saturated heterocycles. The van der Waals surface area contributed by atoms with Crippen LogP contribution in [0.15, 0.2) is 0 Å². The molecule has 0 aromatic heterocycles. The second-order valence-corrected chi connectivity index (χ2v) is 11.5. The summed E-state index contributed by atoms with van der Waals surface area (Å²) in [6, 6.07) is -0.349. The van der Waals surface area contributed by atoms with Crippen LogP contribution in [-0.2, 0) is 14.0 Å². The predicted octanol–water partition coefficient (Wildman–Crippen LogP) is 1.95. The zero-order valence-electron chi connectivity index (χ0n) is 12.9. The van der Waals surface area contributed by atoms with Gasteiger partial charge in [0.15, 0.2) is 14.6 Å². The zero-order valence-corrected chi connectivity index (χ0v) is 13.9. The molecule has 0 bridgehead atoms. The molecule has 6 nitrogen and oxygen atoms in total. The Morgan fingerprint density at radius 2 is 2.10 bits per heavy atom. The third-order valence-corrected chi connectivity index (χ3v) is 8.66. The van der Waals surface area contributed by atoms with Gasteiger partial charge in [-0.3, -0.25) is 4.90 Å². The maximum atomic E-state index is 11.3. The number of ether oxygens (including phenoxy) is 1. The standard InChI is InChI=1S/C13H25NO5Si/c1-13(2,3)20(4,5)19-9-10-8-18-11(7-15)6-14(10)12(16)17/h7,10-11H,6,8-9H2,1-5H3,(H,16,17)/t10-,11-/m0/s1. The van der Waals surface area contributed by atoms with Crippen LogP contribution in [0, 0.1) is 0 Å². The number of rotatable bonds is 4. The summed E-state index contributed by atoms with van der Waals surface area (Å²) in [5, 5.41) is 9.29. The summed E-state index contributed by atoms with van der Waals surface area (Å²) in [7, 11) is -1.92. The van der Waals surface area contributed by atoms with E-state index >= 15 is 0 Å². The van der Waals surface area contributed by atoms with E-state index in [0.717, 1.165) is 0 Å². The topological polar surface area (TPSA) is 76.1 Å². The molecular formula is C13H25NO5Si. The summed E-state index contributed by atoms with van der Waals surface area (Å²) >= 11 is 0. The van der Waals surface area contributed by atoms with Crippen LogP contribution in [-0.4, -0.2) is 62.6 Å². The van der Waals surface area contributed by atoms with E-state index in [1.807, 2.05) is 0 Å². The smallest absolute Gasteiger partial charge is 0.407 e. The van der Waals surface area contributed by atoms with E-state index in [2.05, 4.69) is 33.9 Å². The van der Waals surface area contributed by atoms with Crippen molar-refractivity contribution in [2.24, 2.45) is 0 Å². The van der Waals surface area contributed by atoms with Crippen molar-refractivity contribution < 1.29 is 23.9 Å². The predicted molar refractivity (Wildman–Crippen MR) is 77.5 cm³/mol. The molecule has 1 aliphatic rings. The lowest BCUT2D eigenvalue weighted by Gasteiger charge is -2.40. The van der Waals surface area contributed by atoms with Crippen molar-refractivity contribution in [3.8, 4) is 0 Å². The first kappa shape index (κ1) is 17.1. The number of aldehydes is 1. The van der Waals surface area contributed by atoms with E-state index in [0.29, 0.717) is 12.9 Å². The number of carbonyl (C=O) groups is 2. The van der Waals surface area contributed by atoms with Gasteiger partial charge >= 0.3 is 6.09 Å². The third kappa shape index (κ3) is 4.03. The minimum Gasteiger partial charge on any atom is -0.465 e. The zero-order chi connectivity index (χ0) is 15.6. The number of hydrogen-bond acceptors (Lipinski definition) is 4. The van der Waals surface area contributed by atoms with Gasteiger partial charge < -0.3 is 19.1 Å². The van der Waals surface area contributed by atoms with Crippen molar-refractivity contribution >= 4 is 20.7 Å². The van der Waals surface area contributed by atoms with Crippen molar-refractivity contribution in [3.63, 3.8) is 0 Å². The molecule has 0 aromatic rings.